The molecule has 1 aliphatic rings. The second kappa shape index (κ2) is 6.18. The van der Waals surface area contributed by atoms with Gasteiger partial charge in [0, 0.05) is 31.2 Å². The zero-order valence-electron chi connectivity index (χ0n) is 14.5. The van der Waals surface area contributed by atoms with Gasteiger partial charge in [0.15, 0.2) is 11.5 Å². The van der Waals surface area contributed by atoms with Gasteiger partial charge in [0.2, 0.25) is 5.79 Å². The molecule has 26 heavy (non-hydrogen) atoms. The molecule has 132 valence electrons. The van der Waals surface area contributed by atoms with E-state index in [1.54, 1.807) is 41.3 Å². The summed E-state index contributed by atoms with van der Waals surface area (Å²) in [5.74, 6) is 0.419. The predicted octanol–water partition coefficient (Wildman–Crippen LogP) is 3.09. The van der Waals surface area contributed by atoms with Crippen LogP contribution in [-0.2, 0) is 6.54 Å². The van der Waals surface area contributed by atoms with E-state index in [0.29, 0.717) is 29.3 Å². The number of fused-ring (bicyclic) bond motifs is 1. The molecule has 0 fully saturated rings. The monoisotopic (exact) mass is 350 g/mol. The first-order valence-corrected chi connectivity index (χ1v) is 8.23. The summed E-state index contributed by atoms with van der Waals surface area (Å²) >= 11 is 0. The van der Waals surface area contributed by atoms with Crippen LogP contribution in [0.5, 0.6) is 11.5 Å². The summed E-state index contributed by atoms with van der Waals surface area (Å²) in [6, 6.07) is 12.7. The fourth-order valence-electron chi connectivity index (χ4n) is 2.77. The minimum absolute atomic E-state index is 0.185. The molecule has 0 atom stereocenters. The molecular formula is C19H18N4O3. The first kappa shape index (κ1) is 16.1. The molecule has 0 radical (unpaired) electrons. The van der Waals surface area contributed by atoms with E-state index in [1.807, 2.05) is 26.0 Å². The number of aromatic nitrogens is 3. The van der Waals surface area contributed by atoms with Crippen molar-refractivity contribution in [3.05, 3.63) is 66.2 Å². The fraction of sp³-hybridized carbons (Fsp3) is 0.211. The molecule has 0 spiro atoms. The summed E-state index contributed by atoms with van der Waals surface area (Å²) in [4.78, 5) is 16.4. The minimum Gasteiger partial charge on any atom is -0.449 e. The molecule has 1 N–H and O–H groups in total. The van der Waals surface area contributed by atoms with Gasteiger partial charge >= 0.3 is 0 Å². The quantitative estimate of drug-likeness (QED) is 0.782. The summed E-state index contributed by atoms with van der Waals surface area (Å²) in [6.45, 7) is 4.29. The Hall–Kier alpha value is -3.35. The lowest BCUT2D eigenvalue weighted by molar-refractivity contribution is -0.0431. The SMILES string of the molecule is CC1(C)Oc2ccc(NC(=O)c3ccc(Cn4cncn4)cc3)cc2O1. The van der Waals surface area contributed by atoms with Crippen LogP contribution in [0.25, 0.3) is 0 Å². The molecule has 7 heteroatoms. The number of rotatable bonds is 4. The van der Waals surface area contributed by atoms with Gasteiger partial charge in [-0.3, -0.25) is 4.79 Å². The van der Waals surface area contributed by atoms with Crippen LogP contribution in [0.2, 0.25) is 0 Å². The van der Waals surface area contributed by atoms with Crippen molar-refractivity contribution in [1.82, 2.24) is 14.8 Å². The van der Waals surface area contributed by atoms with E-state index in [4.69, 9.17) is 9.47 Å². The Kier molecular flexibility index (Phi) is 3.84. The third-order valence-electron chi connectivity index (χ3n) is 3.94. The first-order valence-electron chi connectivity index (χ1n) is 8.23. The summed E-state index contributed by atoms with van der Waals surface area (Å²) < 4.78 is 13.1. The molecular weight excluding hydrogens is 332 g/mol. The molecule has 1 amide bonds. The summed E-state index contributed by atoms with van der Waals surface area (Å²) in [5.41, 5.74) is 2.27. The normalized spacial score (nSPS) is 14.2. The maximum absolute atomic E-state index is 12.5. The highest BCUT2D eigenvalue weighted by molar-refractivity contribution is 6.04. The number of carbonyl (C=O) groups excluding carboxylic acids is 1. The molecule has 3 aromatic rings. The summed E-state index contributed by atoms with van der Waals surface area (Å²) in [7, 11) is 0. The van der Waals surface area contributed by atoms with Crippen LogP contribution in [0, 0.1) is 0 Å². The van der Waals surface area contributed by atoms with E-state index in [-0.39, 0.29) is 5.91 Å². The summed E-state index contributed by atoms with van der Waals surface area (Å²) in [5, 5.41) is 6.95. The lowest BCUT2D eigenvalue weighted by Gasteiger charge is -2.16. The average molecular weight is 350 g/mol. The Bertz CT molecular complexity index is 934. The second-order valence-corrected chi connectivity index (χ2v) is 6.51. The number of hydrogen-bond donors (Lipinski definition) is 1. The smallest absolute Gasteiger partial charge is 0.255 e. The molecule has 1 aromatic heterocycles. The molecule has 0 saturated heterocycles. The van der Waals surface area contributed by atoms with Gasteiger partial charge in [0.1, 0.15) is 12.7 Å². The number of benzene rings is 2. The van der Waals surface area contributed by atoms with Gasteiger partial charge in [-0.05, 0) is 29.8 Å². The largest absolute Gasteiger partial charge is 0.449 e. The van der Waals surface area contributed by atoms with Crippen LogP contribution < -0.4 is 14.8 Å². The molecule has 0 bridgehead atoms. The maximum atomic E-state index is 12.5. The average Bonchev–Trinajstić information content (AvgIpc) is 3.21. The lowest BCUT2D eigenvalue weighted by Crippen LogP contribution is -2.29. The van der Waals surface area contributed by atoms with Crippen molar-refractivity contribution < 1.29 is 14.3 Å². The highest BCUT2D eigenvalue weighted by Gasteiger charge is 2.31. The molecule has 0 saturated carbocycles. The standard InChI is InChI=1S/C19H18N4O3/c1-19(2)25-16-8-7-15(9-17(16)26-19)22-18(24)14-5-3-13(4-6-14)10-23-12-20-11-21-23/h3-9,11-12H,10H2,1-2H3,(H,22,24). The van der Waals surface area contributed by atoms with Crippen molar-refractivity contribution in [1.29, 1.82) is 0 Å². The van der Waals surface area contributed by atoms with Crippen molar-refractivity contribution in [2.45, 2.75) is 26.2 Å². The van der Waals surface area contributed by atoms with Crippen LogP contribution in [0.15, 0.2) is 55.1 Å². The molecule has 4 rings (SSSR count). The van der Waals surface area contributed by atoms with E-state index in [2.05, 4.69) is 15.4 Å². The molecule has 2 heterocycles. The van der Waals surface area contributed by atoms with Gasteiger partial charge in [0.05, 0.1) is 6.54 Å². The number of hydrogen-bond acceptors (Lipinski definition) is 5. The van der Waals surface area contributed by atoms with E-state index in [1.165, 1.54) is 6.33 Å². The van der Waals surface area contributed by atoms with Crippen molar-refractivity contribution in [2.75, 3.05) is 5.32 Å². The van der Waals surface area contributed by atoms with Crippen LogP contribution in [0.3, 0.4) is 0 Å². The van der Waals surface area contributed by atoms with Crippen molar-refractivity contribution in [3.63, 3.8) is 0 Å². The zero-order valence-corrected chi connectivity index (χ0v) is 14.5. The van der Waals surface area contributed by atoms with Gasteiger partial charge in [0.25, 0.3) is 5.91 Å². The zero-order chi connectivity index (χ0) is 18.1. The van der Waals surface area contributed by atoms with Crippen LogP contribution >= 0.6 is 0 Å². The van der Waals surface area contributed by atoms with Crippen LogP contribution in [0.1, 0.15) is 29.8 Å². The van der Waals surface area contributed by atoms with Gasteiger partial charge in [-0.15, -0.1) is 0 Å². The number of anilines is 1. The lowest BCUT2D eigenvalue weighted by atomic mass is 10.1. The Labute approximate surface area is 150 Å². The number of nitrogens with one attached hydrogen (secondary N) is 1. The third kappa shape index (κ3) is 3.37. The molecule has 7 nitrogen and oxygen atoms in total. The van der Waals surface area contributed by atoms with Crippen molar-refractivity contribution in [3.8, 4) is 11.5 Å². The predicted molar refractivity (Wildman–Crippen MR) is 95.3 cm³/mol. The van der Waals surface area contributed by atoms with Crippen molar-refractivity contribution >= 4 is 11.6 Å². The summed E-state index contributed by atoms with van der Waals surface area (Å²) in [6.07, 6.45) is 3.15. The molecule has 1 aliphatic heterocycles. The molecule has 0 aliphatic carbocycles. The van der Waals surface area contributed by atoms with E-state index < -0.39 is 5.79 Å². The number of carbonyl (C=O) groups is 1. The maximum Gasteiger partial charge on any atom is 0.255 e. The van der Waals surface area contributed by atoms with E-state index in [9.17, 15) is 4.79 Å². The second-order valence-electron chi connectivity index (χ2n) is 6.51. The molecule has 0 unspecified atom stereocenters. The van der Waals surface area contributed by atoms with Gasteiger partial charge in [-0.25, -0.2) is 9.67 Å². The number of nitrogens with zero attached hydrogens (tertiary/aromatic N) is 3. The first-order chi connectivity index (χ1) is 12.5. The van der Waals surface area contributed by atoms with E-state index in [0.717, 1.165) is 5.56 Å². The highest BCUT2D eigenvalue weighted by atomic mass is 16.7. The van der Waals surface area contributed by atoms with Crippen molar-refractivity contribution in [2.24, 2.45) is 0 Å². The van der Waals surface area contributed by atoms with Gasteiger partial charge in [-0.2, -0.15) is 5.10 Å². The Morgan fingerprint density at radius 3 is 2.62 bits per heavy atom. The van der Waals surface area contributed by atoms with Crippen LogP contribution in [0.4, 0.5) is 5.69 Å². The van der Waals surface area contributed by atoms with E-state index >= 15 is 0 Å². The Morgan fingerprint density at radius 1 is 1.12 bits per heavy atom. The molecule has 2 aromatic carbocycles. The Morgan fingerprint density at radius 2 is 1.88 bits per heavy atom. The van der Waals surface area contributed by atoms with Crippen LogP contribution in [-0.4, -0.2) is 26.5 Å². The third-order valence-corrected chi connectivity index (χ3v) is 3.94. The highest BCUT2D eigenvalue weighted by Crippen LogP contribution is 2.40. The number of ether oxygens (including phenoxy) is 2. The van der Waals surface area contributed by atoms with Gasteiger partial charge < -0.3 is 14.8 Å². The topological polar surface area (TPSA) is 78.3 Å². The Balaban J connectivity index is 1.44. The fourth-order valence-corrected chi connectivity index (χ4v) is 2.77. The minimum atomic E-state index is -0.690. The van der Waals surface area contributed by atoms with Gasteiger partial charge in [-0.1, -0.05) is 12.1 Å². The number of amides is 1.